The molecule has 31 heavy (non-hydrogen) atoms. The summed E-state index contributed by atoms with van der Waals surface area (Å²) in [6.45, 7) is 0.545. The van der Waals surface area contributed by atoms with Gasteiger partial charge >= 0.3 is 0 Å². The molecule has 5 rings (SSSR count). The van der Waals surface area contributed by atoms with Gasteiger partial charge in [-0.1, -0.05) is 65.9 Å². The zero-order valence-corrected chi connectivity index (χ0v) is 17.4. The molecule has 1 aromatic heterocycles. The molecule has 0 N–H and O–H groups in total. The molecule has 0 saturated heterocycles. The quantitative estimate of drug-likeness (QED) is 0.482. The van der Waals surface area contributed by atoms with Crippen LogP contribution < -0.4 is 9.04 Å². The monoisotopic (exact) mass is 432 g/mol. The summed E-state index contributed by atoms with van der Waals surface area (Å²) in [6.07, 6.45) is 1.42. The van der Waals surface area contributed by atoms with Crippen LogP contribution in [0.15, 0.2) is 96.0 Å². The molecular weight excluding hydrogens is 412 g/mol. The number of fused-ring (bicyclic) bond motifs is 1. The molecule has 3 aromatic carbocycles. The van der Waals surface area contributed by atoms with Crippen LogP contribution in [0.2, 0.25) is 0 Å². The van der Waals surface area contributed by atoms with Crippen molar-refractivity contribution in [1.82, 2.24) is 15.0 Å². The van der Waals surface area contributed by atoms with E-state index in [1.54, 1.807) is 53.2 Å². The zero-order valence-electron chi connectivity index (χ0n) is 16.6. The van der Waals surface area contributed by atoms with Crippen LogP contribution in [0.5, 0.6) is 5.75 Å². The number of ether oxygens (including phenoxy) is 1. The molecule has 0 radical (unpaired) electrons. The van der Waals surface area contributed by atoms with E-state index in [0.717, 1.165) is 11.3 Å². The van der Waals surface area contributed by atoms with Crippen LogP contribution in [-0.2, 0) is 16.6 Å². The number of rotatable bonds is 5. The summed E-state index contributed by atoms with van der Waals surface area (Å²) < 4.78 is 36.0. The highest BCUT2D eigenvalue weighted by Gasteiger charge is 2.34. The van der Waals surface area contributed by atoms with Gasteiger partial charge in [0.05, 0.1) is 29.9 Å². The van der Waals surface area contributed by atoms with Gasteiger partial charge in [-0.3, -0.25) is 4.31 Å². The topological polar surface area (TPSA) is 77.3 Å². The van der Waals surface area contributed by atoms with E-state index in [0.29, 0.717) is 18.0 Å². The molecule has 0 amide bonds. The highest BCUT2D eigenvalue weighted by molar-refractivity contribution is 7.92. The van der Waals surface area contributed by atoms with Crippen molar-refractivity contribution in [3.8, 4) is 17.0 Å². The lowest BCUT2D eigenvalue weighted by Gasteiger charge is -2.35. The molecule has 4 aromatic rings. The lowest BCUT2D eigenvalue weighted by molar-refractivity contribution is 0.173. The average Bonchev–Trinajstić information content (AvgIpc) is 3.28. The van der Waals surface area contributed by atoms with Crippen molar-refractivity contribution in [2.24, 2.45) is 0 Å². The van der Waals surface area contributed by atoms with Crippen LogP contribution >= 0.6 is 0 Å². The summed E-state index contributed by atoms with van der Waals surface area (Å²) in [4.78, 5) is 0.248. The second-order valence-electron chi connectivity index (χ2n) is 7.25. The Morgan fingerprint density at radius 2 is 1.58 bits per heavy atom. The van der Waals surface area contributed by atoms with E-state index in [4.69, 9.17) is 4.74 Å². The Labute approximate surface area is 180 Å². The van der Waals surface area contributed by atoms with E-state index < -0.39 is 16.1 Å². The molecule has 1 unspecified atom stereocenters. The normalized spacial score (nSPS) is 15.9. The smallest absolute Gasteiger partial charge is 0.264 e. The Morgan fingerprint density at radius 3 is 2.35 bits per heavy atom. The number of para-hydroxylation sites is 2. The molecule has 1 aliphatic rings. The first-order chi connectivity index (χ1) is 15.1. The van der Waals surface area contributed by atoms with Crippen LogP contribution in [0.3, 0.4) is 0 Å². The highest BCUT2D eigenvalue weighted by Crippen LogP contribution is 2.37. The van der Waals surface area contributed by atoms with E-state index in [1.165, 1.54) is 4.31 Å². The molecule has 1 aliphatic heterocycles. The van der Waals surface area contributed by atoms with Crippen molar-refractivity contribution in [2.45, 2.75) is 17.5 Å². The fourth-order valence-corrected chi connectivity index (χ4v) is 5.17. The van der Waals surface area contributed by atoms with Crippen LogP contribution in [0, 0.1) is 0 Å². The SMILES string of the molecule is O=S(=O)(c1ccccc1)N1CC(Cn2cc(-c3ccccc3)nn2)Oc2ccccc21. The molecule has 156 valence electrons. The minimum absolute atomic E-state index is 0.175. The molecule has 0 spiro atoms. The second-order valence-corrected chi connectivity index (χ2v) is 9.11. The number of sulfonamides is 1. The van der Waals surface area contributed by atoms with Crippen molar-refractivity contribution in [2.75, 3.05) is 10.8 Å². The maximum Gasteiger partial charge on any atom is 0.264 e. The van der Waals surface area contributed by atoms with E-state index in [-0.39, 0.29) is 11.4 Å². The van der Waals surface area contributed by atoms with Gasteiger partial charge < -0.3 is 4.74 Å². The lowest BCUT2D eigenvalue weighted by Crippen LogP contribution is -2.45. The van der Waals surface area contributed by atoms with E-state index in [2.05, 4.69) is 10.3 Å². The third kappa shape index (κ3) is 3.77. The maximum absolute atomic E-state index is 13.4. The van der Waals surface area contributed by atoms with Gasteiger partial charge in [-0.25, -0.2) is 13.1 Å². The largest absolute Gasteiger partial charge is 0.484 e. The first-order valence-electron chi connectivity index (χ1n) is 9.90. The summed E-state index contributed by atoms with van der Waals surface area (Å²) >= 11 is 0. The Hall–Kier alpha value is -3.65. The fraction of sp³-hybridized carbons (Fsp3) is 0.130. The standard InChI is InChI=1S/C23H20N4O3S/c28-31(29,20-11-5-2-6-12-20)27-16-19(30-23-14-8-7-13-22(23)27)15-26-17-21(24-25-26)18-9-3-1-4-10-18/h1-14,17,19H,15-16H2. The minimum Gasteiger partial charge on any atom is -0.484 e. The van der Waals surface area contributed by atoms with Gasteiger partial charge in [0.25, 0.3) is 10.0 Å². The Balaban J connectivity index is 1.44. The number of hydrogen-bond donors (Lipinski definition) is 0. The van der Waals surface area contributed by atoms with Crippen molar-refractivity contribution in [1.29, 1.82) is 0 Å². The van der Waals surface area contributed by atoms with Crippen molar-refractivity contribution < 1.29 is 13.2 Å². The van der Waals surface area contributed by atoms with Crippen LogP contribution in [0.4, 0.5) is 5.69 Å². The molecular formula is C23H20N4O3S. The van der Waals surface area contributed by atoms with Gasteiger partial charge in [-0.15, -0.1) is 5.10 Å². The van der Waals surface area contributed by atoms with Crippen LogP contribution in [0.25, 0.3) is 11.3 Å². The molecule has 0 aliphatic carbocycles. The average molecular weight is 433 g/mol. The molecule has 8 heteroatoms. The van der Waals surface area contributed by atoms with Crippen LogP contribution in [-0.4, -0.2) is 36.1 Å². The number of aromatic nitrogens is 3. The van der Waals surface area contributed by atoms with Crippen molar-refractivity contribution in [3.05, 3.63) is 91.1 Å². The first-order valence-corrected chi connectivity index (χ1v) is 11.3. The molecule has 0 saturated carbocycles. The van der Waals surface area contributed by atoms with Crippen molar-refractivity contribution >= 4 is 15.7 Å². The Bertz CT molecular complexity index is 1290. The highest BCUT2D eigenvalue weighted by atomic mass is 32.2. The van der Waals surface area contributed by atoms with Gasteiger partial charge in [0.2, 0.25) is 0 Å². The summed E-state index contributed by atoms with van der Waals surface area (Å²) in [6, 6.07) is 25.4. The van der Waals surface area contributed by atoms with Crippen molar-refractivity contribution in [3.63, 3.8) is 0 Å². The lowest BCUT2D eigenvalue weighted by atomic mass is 10.2. The predicted octanol–water partition coefficient (Wildman–Crippen LogP) is 3.60. The number of nitrogens with zero attached hydrogens (tertiary/aromatic N) is 4. The summed E-state index contributed by atoms with van der Waals surface area (Å²) in [7, 11) is -3.73. The molecule has 0 fully saturated rings. The molecule has 2 heterocycles. The van der Waals surface area contributed by atoms with Gasteiger partial charge in [0.1, 0.15) is 17.5 Å². The van der Waals surface area contributed by atoms with Crippen LogP contribution in [0.1, 0.15) is 0 Å². The summed E-state index contributed by atoms with van der Waals surface area (Å²) in [5.41, 5.74) is 2.26. The summed E-state index contributed by atoms with van der Waals surface area (Å²) in [5, 5.41) is 8.44. The fourth-order valence-electron chi connectivity index (χ4n) is 3.64. The Kier molecular flexibility index (Phi) is 4.91. The predicted molar refractivity (Wildman–Crippen MR) is 117 cm³/mol. The van der Waals surface area contributed by atoms with Gasteiger partial charge in [0.15, 0.2) is 0 Å². The summed E-state index contributed by atoms with van der Waals surface area (Å²) in [5.74, 6) is 0.529. The Morgan fingerprint density at radius 1 is 0.903 bits per heavy atom. The zero-order chi connectivity index (χ0) is 21.3. The van der Waals surface area contributed by atoms with Gasteiger partial charge in [-0.05, 0) is 24.3 Å². The number of anilines is 1. The molecule has 0 bridgehead atoms. The van der Waals surface area contributed by atoms with Gasteiger partial charge in [0, 0.05) is 5.56 Å². The minimum atomic E-state index is -3.73. The molecule has 7 nitrogen and oxygen atoms in total. The first kappa shape index (κ1) is 19.3. The third-order valence-corrected chi connectivity index (χ3v) is 6.92. The maximum atomic E-state index is 13.4. The van der Waals surface area contributed by atoms with E-state index in [9.17, 15) is 8.42 Å². The number of hydrogen-bond acceptors (Lipinski definition) is 5. The van der Waals surface area contributed by atoms with E-state index >= 15 is 0 Å². The number of benzene rings is 3. The molecule has 1 atom stereocenters. The second kappa shape index (κ2) is 7.88. The van der Waals surface area contributed by atoms with E-state index in [1.807, 2.05) is 42.6 Å². The van der Waals surface area contributed by atoms with Gasteiger partial charge in [-0.2, -0.15) is 0 Å². The third-order valence-electron chi connectivity index (χ3n) is 5.13.